The summed E-state index contributed by atoms with van der Waals surface area (Å²) in [6.45, 7) is 0. The molecule has 2 rings (SSSR count). The standard InChI is InChI=1S/C16H15BrF2O2/c1-20-15-8-11(14(19)9-16(15)21-2)12(17)7-10-5-3-4-6-13(10)18/h3-6,8-9,12H,7H2,1-2H3. The van der Waals surface area contributed by atoms with E-state index in [2.05, 4.69) is 15.9 Å². The Morgan fingerprint density at radius 2 is 1.62 bits per heavy atom. The second kappa shape index (κ2) is 6.89. The van der Waals surface area contributed by atoms with Crippen molar-refractivity contribution in [3.63, 3.8) is 0 Å². The van der Waals surface area contributed by atoms with Gasteiger partial charge in [-0.05, 0) is 24.1 Å². The van der Waals surface area contributed by atoms with Gasteiger partial charge in [0.2, 0.25) is 0 Å². The van der Waals surface area contributed by atoms with Crippen LogP contribution in [0.4, 0.5) is 8.78 Å². The zero-order valence-corrected chi connectivity index (χ0v) is 13.3. The molecule has 1 unspecified atom stereocenters. The van der Waals surface area contributed by atoms with Crippen LogP contribution in [0.5, 0.6) is 11.5 Å². The summed E-state index contributed by atoms with van der Waals surface area (Å²) >= 11 is 3.41. The Balaban J connectivity index is 2.31. The highest BCUT2D eigenvalue weighted by Crippen LogP contribution is 2.37. The van der Waals surface area contributed by atoms with E-state index in [1.165, 1.54) is 26.4 Å². The van der Waals surface area contributed by atoms with E-state index < -0.39 is 5.82 Å². The summed E-state index contributed by atoms with van der Waals surface area (Å²) in [6, 6.07) is 9.28. The number of rotatable bonds is 5. The number of hydrogen-bond acceptors (Lipinski definition) is 2. The lowest BCUT2D eigenvalue weighted by Crippen LogP contribution is -2.02. The topological polar surface area (TPSA) is 18.5 Å². The molecule has 0 heterocycles. The van der Waals surface area contributed by atoms with Gasteiger partial charge in [0, 0.05) is 16.5 Å². The van der Waals surface area contributed by atoms with Crippen LogP contribution in [0.2, 0.25) is 0 Å². The Morgan fingerprint density at radius 1 is 1.00 bits per heavy atom. The first-order valence-electron chi connectivity index (χ1n) is 6.35. The molecule has 0 saturated carbocycles. The van der Waals surface area contributed by atoms with Crippen molar-refractivity contribution in [1.29, 1.82) is 0 Å². The first-order chi connectivity index (χ1) is 10.1. The molecule has 0 aromatic heterocycles. The Kier molecular flexibility index (Phi) is 5.17. The van der Waals surface area contributed by atoms with Gasteiger partial charge in [0.1, 0.15) is 11.6 Å². The van der Waals surface area contributed by atoms with Gasteiger partial charge in [0.25, 0.3) is 0 Å². The van der Waals surface area contributed by atoms with Gasteiger partial charge in [-0.1, -0.05) is 34.1 Å². The van der Waals surface area contributed by atoms with Gasteiger partial charge >= 0.3 is 0 Å². The highest BCUT2D eigenvalue weighted by atomic mass is 79.9. The summed E-state index contributed by atoms with van der Waals surface area (Å²) in [5, 5.41) is 0. The maximum atomic E-state index is 14.1. The fourth-order valence-corrected chi connectivity index (χ4v) is 2.78. The van der Waals surface area contributed by atoms with Crippen molar-refractivity contribution in [1.82, 2.24) is 0 Å². The van der Waals surface area contributed by atoms with Gasteiger partial charge in [-0.25, -0.2) is 8.78 Å². The molecule has 0 spiro atoms. The van der Waals surface area contributed by atoms with Crippen LogP contribution in [0.25, 0.3) is 0 Å². The largest absolute Gasteiger partial charge is 0.493 e. The maximum absolute atomic E-state index is 14.1. The predicted molar refractivity (Wildman–Crippen MR) is 81.3 cm³/mol. The molecule has 112 valence electrons. The highest BCUT2D eigenvalue weighted by Gasteiger charge is 2.18. The molecular formula is C16H15BrF2O2. The molecule has 0 amide bonds. The molecule has 0 bridgehead atoms. The molecule has 0 saturated heterocycles. The van der Waals surface area contributed by atoms with Crippen LogP contribution in [0.3, 0.4) is 0 Å². The minimum atomic E-state index is -0.425. The van der Waals surface area contributed by atoms with Crippen LogP contribution in [0.15, 0.2) is 36.4 Å². The second-order valence-corrected chi connectivity index (χ2v) is 5.60. The Morgan fingerprint density at radius 3 is 2.24 bits per heavy atom. The summed E-state index contributed by atoms with van der Waals surface area (Å²) in [4.78, 5) is -0.366. The summed E-state index contributed by atoms with van der Waals surface area (Å²) in [7, 11) is 2.93. The van der Waals surface area contributed by atoms with Gasteiger partial charge in [-0.15, -0.1) is 0 Å². The van der Waals surface area contributed by atoms with Gasteiger partial charge in [-0.2, -0.15) is 0 Å². The maximum Gasteiger partial charge on any atom is 0.163 e. The lowest BCUT2D eigenvalue weighted by molar-refractivity contribution is 0.351. The van der Waals surface area contributed by atoms with Gasteiger partial charge in [0.15, 0.2) is 11.5 Å². The minimum Gasteiger partial charge on any atom is -0.493 e. The zero-order chi connectivity index (χ0) is 15.4. The summed E-state index contributed by atoms with van der Waals surface area (Å²) in [6.07, 6.45) is 0.332. The SMILES string of the molecule is COc1cc(F)c(C(Br)Cc2ccccc2F)cc1OC. The van der Waals surface area contributed by atoms with E-state index in [1.54, 1.807) is 24.3 Å². The van der Waals surface area contributed by atoms with Crippen LogP contribution >= 0.6 is 15.9 Å². The van der Waals surface area contributed by atoms with Crippen molar-refractivity contribution in [2.45, 2.75) is 11.2 Å². The number of hydrogen-bond donors (Lipinski definition) is 0. The van der Waals surface area contributed by atoms with Gasteiger partial charge in [0.05, 0.1) is 14.2 Å². The van der Waals surface area contributed by atoms with Crippen LogP contribution in [-0.4, -0.2) is 14.2 Å². The van der Waals surface area contributed by atoms with Crippen molar-refractivity contribution in [2.24, 2.45) is 0 Å². The number of methoxy groups -OCH3 is 2. The monoisotopic (exact) mass is 356 g/mol. The Bertz CT molecular complexity index is 632. The molecule has 21 heavy (non-hydrogen) atoms. The molecule has 0 aliphatic heterocycles. The zero-order valence-electron chi connectivity index (χ0n) is 11.7. The summed E-state index contributed by atoms with van der Waals surface area (Å²) < 4.78 is 38.0. The van der Waals surface area contributed by atoms with E-state index in [0.29, 0.717) is 29.0 Å². The fraction of sp³-hybridized carbons (Fsp3) is 0.250. The van der Waals surface area contributed by atoms with Crippen LogP contribution in [-0.2, 0) is 6.42 Å². The quantitative estimate of drug-likeness (QED) is 0.725. The molecular weight excluding hydrogens is 342 g/mol. The molecule has 2 aromatic carbocycles. The third kappa shape index (κ3) is 3.53. The molecule has 0 aliphatic carbocycles. The van der Waals surface area contributed by atoms with E-state index in [1.807, 2.05) is 0 Å². The molecule has 0 radical (unpaired) electrons. The third-order valence-corrected chi connectivity index (χ3v) is 4.01. The first kappa shape index (κ1) is 15.8. The van der Waals surface area contributed by atoms with Gasteiger partial charge < -0.3 is 9.47 Å². The number of alkyl halides is 1. The van der Waals surface area contributed by atoms with E-state index in [-0.39, 0.29) is 10.6 Å². The van der Waals surface area contributed by atoms with Crippen molar-refractivity contribution < 1.29 is 18.3 Å². The molecule has 0 fully saturated rings. The summed E-state index contributed by atoms with van der Waals surface area (Å²) in [5.41, 5.74) is 0.921. The first-order valence-corrected chi connectivity index (χ1v) is 7.27. The Hall–Kier alpha value is -1.62. The van der Waals surface area contributed by atoms with Crippen LogP contribution in [0, 0.1) is 11.6 Å². The van der Waals surface area contributed by atoms with Crippen molar-refractivity contribution in [2.75, 3.05) is 14.2 Å². The van der Waals surface area contributed by atoms with Crippen LogP contribution in [0.1, 0.15) is 16.0 Å². The number of halogens is 3. The smallest absolute Gasteiger partial charge is 0.163 e. The van der Waals surface area contributed by atoms with E-state index >= 15 is 0 Å². The van der Waals surface area contributed by atoms with Gasteiger partial charge in [-0.3, -0.25) is 0 Å². The molecule has 5 heteroatoms. The lowest BCUT2D eigenvalue weighted by atomic mass is 10.0. The number of ether oxygens (including phenoxy) is 2. The fourth-order valence-electron chi connectivity index (χ4n) is 2.08. The molecule has 1 atom stereocenters. The van der Waals surface area contributed by atoms with E-state index in [0.717, 1.165) is 0 Å². The van der Waals surface area contributed by atoms with E-state index in [9.17, 15) is 8.78 Å². The molecule has 2 aromatic rings. The third-order valence-electron chi connectivity index (χ3n) is 3.20. The van der Waals surface area contributed by atoms with Crippen molar-refractivity contribution in [3.05, 3.63) is 59.2 Å². The average Bonchev–Trinajstić information content (AvgIpc) is 2.49. The van der Waals surface area contributed by atoms with Crippen molar-refractivity contribution in [3.8, 4) is 11.5 Å². The van der Waals surface area contributed by atoms with Crippen LogP contribution < -0.4 is 9.47 Å². The second-order valence-electron chi connectivity index (χ2n) is 4.49. The normalized spacial score (nSPS) is 12.0. The summed E-state index contributed by atoms with van der Waals surface area (Å²) in [5.74, 6) is 0.0323. The number of benzene rings is 2. The van der Waals surface area contributed by atoms with Crippen molar-refractivity contribution >= 4 is 15.9 Å². The lowest BCUT2D eigenvalue weighted by Gasteiger charge is -2.15. The molecule has 0 N–H and O–H groups in total. The minimum absolute atomic E-state index is 0.303. The molecule has 0 aliphatic rings. The Labute approximate surface area is 130 Å². The van der Waals surface area contributed by atoms with E-state index in [4.69, 9.17) is 9.47 Å². The highest BCUT2D eigenvalue weighted by molar-refractivity contribution is 9.09. The molecule has 2 nitrogen and oxygen atoms in total. The average molecular weight is 357 g/mol. The predicted octanol–water partition coefficient (Wildman–Crippen LogP) is 4.66.